The third-order valence-corrected chi connectivity index (χ3v) is 9.59. The molecular weight excluding hydrogens is 591 g/mol. The standard InChI is InChI=1S/C43H27N3S/c1-4-15-28(16-5-1)38-34-24-11-10-23-33(34)37(39-35-25-12-13-26-36(35)47-40(38)39)31-21-14-22-32(27-31)43-45-41(29-17-6-2-7-18-29)44-42(46-43)30-19-8-3-9-20-30/h1-27H/i1D,4D,5D,15D,16D. The van der Waals surface area contributed by atoms with Gasteiger partial charge in [-0.15, -0.1) is 11.3 Å². The van der Waals surface area contributed by atoms with Gasteiger partial charge in [-0.2, -0.15) is 0 Å². The molecule has 2 aromatic heterocycles. The van der Waals surface area contributed by atoms with E-state index in [1.807, 2.05) is 109 Å². The van der Waals surface area contributed by atoms with Crippen LogP contribution in [0.15, 0.2) is 164 Å². The minimum atomic E-state index is -0.409. The minimum absolute atomic E-state index is 0.200. The van der Waals surface area contributed by atoms with Crippen LogP contribution in [0.1, 0.15) is 6.85 Å². The first-order valence-corrected chi connectivity index (χ1v) is 16.1. The summed E-state index contributed by atoms with van der Waals surface area (Å²) in [6.07, 6.45) is 0. The van der Waals surface area contributed by atoms with Gasteiger partial charge in [0.2, 0.25) is 0 Å². The topological polar surface area (TPSA) is 38.7 Å². The Balaban J connectivity index is 1.35. The van der Waals surface area contributed by atoms with Crippen molar-refractivity contribution < 1.29 is 6.85 Å². The van der Waals surface area contributed by atoms with Gasteiger partial charge in [-0.3, -0.25) is 0 Å². The minimum Gasteiger partial charge on any atom is -0.208 e. The van der Waals surface area contributed by atoms with Crippen molar-refractivity contribution in [3.63, 3.8) is 0 Å². The highest BCUT2D eigenvalue weighted by Gasteiger charge is 2.21. The van der Waals surface area contributed by atoms with Crippen LogP contribution in [0, 0.1) is 0 Å². The number of fused-ring (bicyclic) bond motifs is 4. The summed E-state index contributed by atoms with van der Waals surface area (Å²) in [4.78, 5) is 14.8. The third kappa shape index (κ3) is 4.78. The fourth-order valence-corrected chi connectivity index (χ4v) is 7.60. The smallest absolute Gasteiger partial charge is 0.164 e. The molecular formula is C43H27N3S. The monoisotopic (exact) mass is 622 g/mol. The molecule has 0 bridgehead atoms. The summed E-state index contributed by atoms with van der Waals surface area (Å²) in [7, 11) is 0. The van der Waals surface area contributed by atoms with Gasteiger partial charge < -0.3 is 0 Å². The van der Waals surface area contributed by atoms with Crippen LogP contribution in [0.4, 0.5) is 0 Å². The van der Waals surface area contributed by atoms with Crippen molar-refractivity contribution in [2.24, 2.45) is 0 Å². The Kier molecular flexibility index (Phi) is 5.48. The molecule has 2 heterocycles. The first-order valence-electron chi connectivity index (χ1n) is 17.8. The maximum Gasteiger partial charge on any atom is 0.164 e. The Morgan fingerprint density at radius 1 is 0.426 bits per heavy atom. The lowest BCUT2D eigenvalue weighted by molar-refractivity contribution is 1.07. The summed E-state index contributed by atoms with van der Waals surface area (Å²) in [5, 5.41) is 3.70. The lowest BCUT2D eigenvalue weighted by atomic mass is 9.88. The van der Waals surface area contributed by atoms with Gasteiger partial charge in [-0.25, -0.2) is 15.0 Å². The summed E-state index contributed by atoms with van der Waals surface area (Å²) >= 11 is 1.57. The van der Waals surface area contributed by atoms with E-state index in [4.69, 9.17) is 21.8 Å². The van der Waals surface area contributed by atoms with Crippen molar-refractivity contribution >= 4 is 42.3 Å². The van der Waals surface area contributed by atoms with Crippen molar-refractivity contribution in [3.05, 3.63) is 164 Å². The number of benzene rings is 7. The van der Waals surface area contributed by atoms with Crippen LogP contribution in [0.2, 0.25) is 0 Å². The maximum atomic E-state index is 8.97. The second-order valence-corrected chi connectivity index (χ2v) is 12.3. The Morgan fingerprint density at radius 3 is 1.60 bits per heavy atom. The molecule has 0 spiro atoms. The molecule has 0 atom stereocenters. The van der Waals surface area contributed by atoms with Crippen LogP contribution >= 0.6 is 11.3 Å². The molecule has 0 aliphatic heterocycles. The molecule has 9 aromatic rings. The molecule has 0 N–H and O–H groups in total. The van der Waals surface area contributed by atoms with Gasteiger partial charge in [0.15, 0.2) is 17.5 Å². The van der Waals surface area contributed by atoms with Crippen LogP contribution in [0.5, 0.6) is 0 Å². The van der Waals surface area contributed by atoms with Gasteiger partial charge in [0.25, 0.3) is 0 Å². The lowest BCUT2D eigenvalue weighted by Gasteiger charge is -2.16. The molecule has 7 aromatic carbocycles. The van der Waals surface area contributed by atoms with E-state index in [0.717, 1.165) is 58.8 Å². The summed E-state index contributed by atoms with van der Waals surface area (Å²) in [5.41, 5.74) is 5.37. The Labute approximate surface area is 283 Å². The zero-order valence-electron chi connectivity index (χ0n) is 30.0. The second-order valence-electron chi connectivity index (χ2n) is 11.2. The average Bonchev–Trinajstić information content (AvgIpc) is 3.59. The molecule has 0 saturated heterocycles. The summed E-state index contributed by atoms with van der Waals surface area (Å²) in [5.74, 6) is 1.70. The molecule has 0 amide bonds. The molecule has 47 heavy (non-hydrogen) atoms. The van der Waals surface area contributed by atoms with E-state index < -0.39 is 6.04 Å². The van der Waals surface area contributed by atoms with E-state index in [9.17, 15) is 0 Å². The molecule has 0 aliphatic rings. The Hall–Kier alpha value is -5.97. The van der Waals surface area contributed by atoms with Crippen LogP contribution in [0.25, 0.3) is 87.4 Å². The predicted octanol–water partition coefficient (Wildman–Crippen LogP) is 11.7. The van der Waals surface area contributed by atoms with Gasteiger partial charge in [0.05, 0.1) is 6.85 Å². The summed E-state index contributed by atoms with van der Waals surface area (Å²) in [6.45, 7) is 0. The number of aromatic nitrogens is 3. The largest absolute Gasteiger partial charge is 0.208 e. The number of hydrogen-bond acceptors (Lipinski definition) is 4. The van der Waals surface area contributed by atoms with Crippen molar-refractivity contribution in [1.82, 2.24) is 15.0 Å². The average molecular weight is 623 g/mol. The molecule has 0 saturated carbocycles. The van der Waals surface area contributed by atoms with Crippen molar-refractivity contribution in [2.75, 3.05) is 0 Å². The Morgan fingerprint density at radius 2 is 0.936 bits per heavy atom. The normalized spacial score (nSPS) is 12.9. The van der Waals surface area contributed by atoms with Gasteiger partial charge in [0.1, 0.15) is 0 Å². The third-order valence-electron chi connectivity index (χ3n) is 8.40. The molecule has 0 radical (unpaired) electrons. The number of thiophene rings is 1. The van der Waals surface area contributed by atoms with E-state index in [-0.39, 0.29) is 29.7 Å². The van der Waals surface area contributed by atoms with Gasteiger partial charge in [-0.1, -0.05) is 152 Å². The Bertz CT molecular complexity index is 2770. The molecule has 0 unspecified atom stereocenters. The van der Waals surface area contributed by atoms with Crippen LogP contribution < -0.4 is 0 Å². The van der Waals surface area contributed by atoms with Crippen molar-refractivity contribution in [1.29, 1.82) is 0 Å². The second kappa shape index (κ2) is 11.4. The van der Waals surface area contributed by atoms with Crippen LogP contribution in [-0.4, -0.2) is 15.0 Å². The summed E-state index contributed by atoms with van der Waals surface area (Å²) in [6, 6.07) is 42.5. The molecule has 4 heteroatoms. The zero-order chi connectivity index (χ0) is 35.5. The highest BCUT2D eigenvalue weighted by atomic mass is 32.1. The fraction of sp³-hybridized carbons (Fsp3) is 0. The quantitative estimate of drug-likeness (QED) is 0.192. The van der Waals surface area contributed by atoms with E-state index in [1.54, 1.807) is 11.3 Å². The zero-order valence-corrected chi connectivity index (χ0v) is 25.8. The maximum absolute atomic E-state index is 8.97. The first kappa shape index (κ1) is 22.5. The van der Waals surface area contributed by atoms with E-state index in [1.165, 1.54) is 0 Å². The highest BCUT2D eigenvalue weighted by molar-refractivity contribution is 7.26. The van der Waals surface area contributed by atoms with Crippen molar-refractivity contribution in [3.8, 4) is 56.4 Å². The van der Waals surface area contributed by atoms with Crippen LogP contribution in [-0.2, 0) is 0 Å². The molecule has 0 aliphatic carbocycles. The SMILES string of the molecule is [2H]c1c([2H])c([2H])c(-c2c3ccccc3c(-c3cccc(-c4nc(-c5ccccc5)nc(-c5ccccc5)n4)c3)c3c2sc2ccccc23)c([2H])c1[2H]. The van der Waals surface area contributed by atoms with Gasteiger partial charge >= 0.3 is 0 Å². The highest BCUT2D eigenvalue weighted by Crippen LogP contribution is 2.50. The predicted molar refractivity (Wildman–Crippen MR) is 197 cm³/mol. The lowest BCUT2D eigenvalue weighted by Crippen LogP contribution is -2.00. The van der Waals surface area contributed by atoms with E-state index in [0.29, 0.717) is 23.0 Å². The van der Waals surface area contributed by atoms with Crippen molar-refractivity contribution in [2.45, 2.75) is 0 Å². The molecule has 0 fully saturated rings. The molecule has 9 rings (SSSR count). The van der Waals surface area contributed by atoms with E-state index >= 15 is 0 Å². The van der Waals surface area contributed by atoms with Gasteiger partial charge in [-0.05, 0) is 39.6 Å². The number of rotatable bonds is 5. The number of hydrogen-bond donors (Lipinski definition) is 0. The van der Waals surface area contributed by atoms with Gasteiger partial charge in [0, 0.05) is 42.4 Å². The fourth-order valence-electron chi connectivity index (χ4n) is 6.32. The molecule has 3 nitrogen and oxygen atoms in total. The molecule has 220 valence electrons. The first-order chi connectivity index (χ1) is 25.4. The van der Waals surface area contributed by atoms with Crippen LogP contribution in [0.3, 0.4) is 0 Å². The summed E-state index contributed by atoms with van der Waals surface area (Å²) < 4.78 is 45.1. The van der Waals surface area contributed by atoms with E-state index in [2.05, 4.69) is 24.3 Å². The number of nitrogens with zero attached hydrogens (tertiary/aromatic N) is 3.